The van der Waals surface area contributed by atoms with Gasteiger partial charge in [0.25, 0.3) is 0 Å². The maximum Gasteiger partial charge on any atom is 0.225 e. The average molecular weight is 264 g/mol. The Labute approximate surface area is 115 Å². The van der Waals surface area contributed by atoms with Gasteiger partial charge in [0.2, 0.25) is 5.95 Å². The molecule has 0 unspecified atom stereocenters. The number of nitrogens with one attached hydrogen (secondary N) is 1. The minimum absolute atomic E-state index is 0.686. The molecule has 2 rings (SSSR count). The van der Waals surface area contributed by atoms with Gasteiger partial charge in [0.15, 0.2) is 0 Å². The Morgan fingerprint density at radius 1 is 1.42 bits per heavy atom. The first kappa shape index (κ1) is 14.2. The number of hydrogen-bond acceptors (Lipinski definition) is 5. The average Bonchev–Trinajstić information content (AvgIpc) is 2.43. The van der Waals surface area contributed by atoms with Crippen LogP contribution in [0.1, 0.15) is 24.1 Å². The molecule has 1 fully saturated rings. The molecule has 0 aromatic carbocycles. The summed E-state index contributed by atoms with van der Waals surface area (Å²) in [4.78, 5) is 11.4. The number of ether oxygens (including phenoxy) is 1. The molecule has 0 amide bonds. The van der Waals surface area contributed by atoms with Crippen LogP contribution in [0.2, 0.25) is 0 Å². The second-order valence-corrected chi connectivity index (χ2v) is 5.20. The van der Waals surface area contributed by atoms with Crippen molar-refractivity contribution in [2.75, 3.05) is 38.8 Å². The fourth-order valence-corrected chi connectivity index (χ4v) is 2.53. The van der Waals surface area contributed by atoms with Gasteiger partial charge in [0.1, 0.15) is 0 Å². The Kier molecular flexibility index (Phi) is 5.10. The Morgan fingerprint density at radius 3 is 2.74 bits per heavy atom. The Balaban J connectivity index is 1.97. The van der Waals surface area contributed by atoms with Crippen LogP contribution in [0.4, 0.5) is 5.95 Å². The molecule has 1 N–H and O–H groups in total. The molecule has 0 radical (unpaired) electrons. The highest BCUT2D eigenvalue weighted by molar-refractivity contribution is 5.33. The van der Waals surface area contributed by atoms with Crippen molar-refractivity contribution in [1.29, 1.82) is 0 Å². The second kappa shape index (κ2) is 6.82. The van der Waals surface area contributed by atoms with Crippen LogP contribution >= 0.6 is 0 Å². The maximum atomic E-state index is 5.23. The minimum Gasteiger partial charge on any atom is -0.384 e. The summed E-state index contributed by atoms with van der Waals surface area (Å²) in [5.41, 5.74) is 2.24. The monoisotopic (exact) mass is 264 g/mol. The summed E-state index contributed by atoms with van der Waals surface area (Å²) in [7, 11) is 3.72. The van der Waals surface area contributed by atoms with E-state index in [2.05, 4.69) is 27.1 Å². The van der Waals surface area contributed by atoms with Crippen molar-refractivity contribution < 1.29 is 4.74 Å². The van der Waals surface area contributed by atoms with Gasteiger partial charge in [0, 0.05) is 50.8 Å². The highest BCUT2D eigenvalue weighted by Crippen LogP contribution is 2.21. The van der Waals surface area contributed by atoms with E-state index in [0.29, 0.717) is 5.92 Å². The van der Waals surface area contributed by atoms with Crippen molar-refractivity contribution in [1.82, 2.24) is 15.3 Å². The molecule has 1 aliphatic rings. The molecule has 0 aliphatic carbocycles. The van der Waals surface area contributed by atoms with Crippen LogP contribution < -0.4 is 10.2 Å². The van der Waals surface area contributed by atoms with Crippen LogP contribution in [0, 0.1) is 12.8 Å². The number of aryl methyl sites for hydroxylation is 1. The molecule has 1 aliphatic heterocycles. The van der Waals surface area contributed by atoms with E-state index in [4.69, 9.17) is 4.74 Å². The molecule has 1 aromatic rings. The number of rotatable bonds is 5. The predicted molar refractivity (Wildman–Crippen MR) is 76.3 cm³/mol. The standard InChI is InChI=1S/C14H24N4O/c1-11-13(8-15-2)9-16-14(17-11)18-6-4-12(5-7-18)10-19-3/h9,12,15H,4-8,10H2,1-3H3. The largest absolute Gasteiger partial charge is 0.384 e. The smallest absolute Gasteiger partial charge is 0.225 e. The summed E-state index contributed by atoms with van der Waals surface area (Å²) in [6.07, 6.45) is 4.26. The fraction of sp³-hybridized carbons (Fsp3) is 0.714. The molecular weight excluding hydrogens is 240 g/mol. The lowest BCUT2D eigenvalue weighted by Gasteiger charge is -2.31. The van der Waals surface area contributed by atoms with E-state index in [9.17, 15) is 0 Å². The van der Waals surface area contributed by atoms with Crippen LogP contribution in [0.25, 0.3) is 0 Å². The van der Waals surface area contributed by atoms with E-state index >= 15 is 0 Å². The Hall–Kier alpha value is -1.20. The lowest BCUT2D eigenvalue weighted by Crippen LogP contribution is -2.36. The summed E-state index contributed by atoms with van der Waals surface area (Å²) in [6.45, 7) is 5.80. The summed E-state index contributed by atoms with van der Waals surface area (Å²) < 4.78 is 5.23. The topological polar surface area (TPSA) is 50.3 Å². The highest BCUT2D eigenvalue weighted by Gasteiger charge is 2.21. The van der Waals surface area contributed by atoms with Crippen LogP contribution in [0.5, 0.6) is 0 Å². The summed E-state index contributed by atoms with van der Waals surface area (Å²) >= 11 is 0. The minimum atomic E-state index is 0.686. The molecule has 1 saturated heterocycles. The van der Waals surface area contributed by atoms with Gasteiger partial charge in [-0.15, -0.1) is 0 Å². The number of piperidine rings is 1. The van der Waals surface area contributed by atoms with Gasteiger partial charge in [-0.2, -0.15) is 0 Å². The quantitative estimate of drug-likeness (QED) is 0.870. The molecule has 2 heterocycles. The van der Waals surface area contributed by atoms with E-state index in [-0.39, 0.29) is 0 Å². The van der Waals surface area contributed by atoms with Gasteiger partial charge in [-0.05, 0) is 32.7 Å². The van der Waals surface area contributed by atoms with E-state index in [1.54, 1.807) is 7.11 Å². The summed E-state index contributed by atoms with van der Waals surface area (Å²) in [5.74, 6) is 1.55. The van der Waals surface area contributed by atoms with Gasteiger partial charge in [-0.1, -0.05) is 0 Å². The number of nitrogens with zero attached hydrogens (tertiary/aromatic N) is 3. The highest BCUT2D eigenvalue weighted by atomic mass is 16.5. The summed E-state index contributed by atoms with van der Waals surface area (Å²) in [6, 6.07) is 0. The number of anilines is 1. The van der Waals surface area contributed by atoms with Crippen molar-refractivity contribution in [3.8, 4) is 0 Å². The van der Waals surface area contributed by atoms with Crippen LogP contribution in [0.15, 0.2) is 6.20 Å². The molecule has 0 atom stereocenters. The molecule has 106 valence electrons. The molecule has 5 nitrogen and oxygen atoms in total. The van der Waals surface area contributed by atoms with Gasteiger partial charge in [0.05, 0.1) is 0 Å². The van der Waals surface area contributed by atoms with Gasteiger partial charge >= 0.3 is 0 Å². The third-order valence-electron chi connectivity index (χ3n) is 3.74. The summed E-state index contributed by atoms with van der Waals surface area (Å²) in [5, 5.41) is 3.14. The number of aromatic nitrogens is 2. The Bertz CT molecular complexity index is 402. The SMILES string of the molecule is CNCc1cnc(N2CCC(COC)CC2)nc1C. The second-order valence-electron chi connectivity index (χ2n) is 5.20. The fourth-order valence-electron chi connectivity index (χ4n) is 2.53. The lowest BCUT2D eigenvalue weighted by atomic mass is 9.98. The maximum absolute atomic E-state index is 5.23. The third kappa shape index (κ3) is 3.64. The first-order valence-corrected chi connectivity index (χ1v) is 6.95. The van der Waals surface area contributed by atoms with Crippen molar-refractivity contribution in [2.24, 2.45) is 5.92 Å². The zero-order valence-corrected chi connectivity index (χ0v) is 12.1. The molecule has 1 aromatic heterocycles. The van der Waals surface area contributed by atoms with E-state index in [1.807, 2.05) is 13.2 Å². The lowest BCUT2D eigenvalue weighted by molar-refractivity contribution is 0.139. The van der Waals surface area contributed by atoms with Crippen molar-refractivity contribution >= 4 is 5.95 Å². The van der Waals surface area contributed by atoms with E-state index in [0.717, 1.165) is 50.7 Å². The third-order valence-corrected chi connectivity index (χ3v) is 3.74. The van der Waals surface area contributed by atoms with Crippen molar-refractivity contribution in [3.05, 3.63) is 17.5 Å². The van der Waals surface area contributed by atoms with E-state index < -0.39 is 0 Å². The van der Waals surface area contributed by atoms with Gasteiger partial charge in [-0.25, -0.2) is 9.97 Å². The zero-order valence-electron chi connectivity index (χ0n) is 12.1. The molecule has 0 bridgehead atoms. The predicted octanol–water partition coefficient (Wildman–Crippen LogP) is 1.37. The first-order chi connectivity index (χ1) is 9.24. The number of methoxy groups -OCH3 is 1. The number of hydrogen-bond donors (Lipinski definition) is 1. The van der Waals surface area contributed by atoms with Crippen molar-refractivity contribution in [2.45, 2.75) is 26.3 Å². The van der Waals surface area contributed by atoms with Crippen LogP contribution in [-0.2, 0) is 11.3 Å². The van der Waals surface area contributed by atoms with E-state index in [1.165, 1.54) is 5.56 Å². The molecule has 0 spiro atoms. The van der Waals surface area contributed by atoms with Gasteiger partial charge in [-0.3, -0.25) is 0 Å². The molecule has 0 saturated carbocycles. The molecule has 19 heavy (non-hydrogen) atoms. The zero-order chi connectivity index (χ0) is 13.7. The first-order valence-electron chi connectivity index (χ1n) is 6.95. The normalized spacial score (nSPS) is 16.9. The van der Waals surface area contributed by atoms with Gasteiger partial charge < -0.3 is 15.0 Å². The van der Waals surface area contributed by atoms with Crippen molar-refractivity contribution in [3.63, 3.8) is 0 Å². The molecule has 5 heteroatoms. The molecular formula is C14H24N4O. The van der Waals surface area contributed by atoms with Crippen LogP contribution in [-0.4, -0.2) is 43.8 Å². The van der Waals surface area contributed by atoms with Crippen LogP contribution in [0.3, 0.4) is 0 Å². The Morgan fingerprint density at radius 2 is 2.16 bits per heavy atom.